The molecule has 0 aliphatic carbocycles. The molecule has 5 nitrogen and oxygen atoms in total. The van der Waals surface area contributed by atoms with Crippen LogP contribution in [0.2, 0.25) is 0 Å². The number of aryl methyl sites for hydroxylation is 1. The second kappa shape index (κ2) is 8.51. The van der Waals surface area contributed by atoms with Crippen LogP contribution in [0.5, 0.6) is 0 Å². The van der Waals surface area contributed by atoms with Crippen molar-refractivity contribution in [2.24, 2.45) is 4.99 Å². The third-order valence-corrected chi connectivity index (χ3v) is 7.38. The minimum atomic E-state index is -3.53. The molecule has 0 amide bonds. The second-order valence-electron chi connectivity index (χ2n) is 7.56. The Labute approximate surface area is 172 Å². The standard InChI is InChI=1S/C23H26N2O3S/c1-18-10-13-21(14-11-18)29(26,27)25-16-6-5-9-20(25)12-15-23-24-22(17-28-23)19-7-3-2-4-8-19/h2-4,7-8,10-15,20,22H,5-6,9,16-17H2,1H3/b15-12-/t20-,22-/m1/s1. The highest BCUT2D eigenvalue weighted by Gasteiger charge is 2.32. The number of aliphatic imine (C=N–C) groups is 1. The number of hydrogen-bond donors (Lipinski definition) is 0. The maximum Gasteiger partial charge on any atom is 0.243 e. The summed E-state index contributed by atoms with van der Waals surface area (Å²) in [6.45, 7) is 3.00. The van der Waals surface area contributed by atoms with Crippen molar-refractivity contribution in [1.29, 1.82) is 0 Å². The van der Waals surface area contributed by atoms with Crippen molar-refractivity contribution in [3.63, 3.8) is 0 Å². The maximum absolute atomic E-state index is 13.2. The first-order valence-corrected chi connectivity index (χ1v) is 11.5. The van der Waals surface area contributed by atoms with Gasteiger partial charge in [0, 0.05) is 12.6 Å². The first-order valence-electron chi connectivity index (χ1n) is 10.1. The van der Waals surface area contributed by atoms with Crippen LogP contribution in [0.3, 0.4) is 0 Å². The van der Waals surface area contributed by atoms with E-state index >= 15 is 0 Å². The Bertz CT molecular complexity index is 998. The molecule has 1 saturated heterocycles. The van der Waals surface area contributed by atoms with Crippen LogP contribution in [0.4, 0.5) is 0 Å². The zero-order valence-electron chi connectivity index (χ0n) is 16.6. The third-order valence-electron chi connectivity index (χ3n) is 5.44. The first kappa shape index (κ1) is 19.9. The fourth-order valence-electron chi connectivity index (χ4n) is 3.79. The number of nitrogens with zero attached hydrogens (tertiary/aromatic N) is 2. The Morgan fingerprint density at radius 1 is 1.07 bits per heavy atom. The van der Waals surface area contributed by atoms with Gasteiger partial charge in [-0.2, -0.15) is 4.31 Å². The Morgan fingerprint density at radius 3 is 2.59 bits per heavy atom. The number of hydrogen-bond acceptors (Lipinski definition) is 4. The summed E-state index contributed by atoms with van der Waals surface area (Å²) in [6, 6.07) is 16.9. The van der Waals surface area contributed by atoms with Crippen molar-refractivity contribution in [3.05, 3.63) is 77.9 Å². The smallest absolute Gasteiger partial charge is 0.243 e. The molecule has 0 unspecified atom stereocenters. The molecule has 2 heterocycles. The van der Waals surface area contributed by atoms with Crippen LogP contribution in [0.25, 0.3) is 0 Å². The summed E-state index contributed by atoms with van der Waals surface area (Å²) in [5.41, 5.74) is 2.17. The Balaban J connectivity index is 1.51. The summed E-state index contributed by atoms with van der Waals surface area (Å²) >= 11 is 0. The first-order chi connectivity index (χ1) is 14.0. The van der Waals surface area contributed by atoms with Crippen molar-refractivity contribution < 1.29 is 13.2 Å². The van der Waals surface area contributed by atoms with E-state index in [-0.39, 0.29) is 12.1 Å². The molecule has 2 aliphatic heterocycles. The molecule has 4 rings (SSSR count). The lowest BCUT2D eigenvalue weighted by Gasteiger charge is -2.33. The van der Waals surface area contributed by atoms with E-state index in [1.54, 1.807) is 16.4 Å². The average molecular weight is 411 g/mol. The van der Waals surface area contributed by atoms with Gasteiger partial charge in [0.05, 0.1) is 4.90 Å². The van der Waals surface area contributed by atoms with Crippen molar-refractivity contribution in [2.75, 3.05) is 13.2 Å². The molecule has 0 saturated carbocycles. The van der Waals surface area contributed by atoms with Crippen LogP contribution in [0.15, 0.2) is 76.6 Å². The number of ether oxygens (including phenoxy) is 1. The van der Waals surface area contributed by atoms with Gasteiger partial charge in [-0.1, -0.05) is 60.5 Å². The summed E-state index contributed by atoms with van der Waals surface area (Å²) in [6.07, 6.45) is 6.45. The second-order valence-corrected chi connectivity index (χ2v) is 9.45. The van der Waals surface area contributed by atoms with Gasteiger partial charge < -0.3 is 4.74 Å². The van der Waals surface area contributed by atoms with Crippen LogP contribution in [0, 0.1) is 6.92 Å². The highest BCUT2D eigenvalue weighted by Crippen LogP contribution is 2.27. The molecule has 0 spiro atoms. The molecule has 2 aromatic carbocycles. The van der Waals surface area contributed by atoms with Crippen LogP contribution in [-0.2, 0) is 14.8 Å². The minimum absolute atomic E-state index is 0.00500. The lowest BCUT2D eigenvalue weighted by Crippen LogP contribution is -2.42. The predicted octanol–water partition coefficient (Wildman–Crippen LogP) is 4.26. The van der Waals surface area contributed by atoms with Gasteiger partial charge in [-0.25, -0.2) is 13.4 Å². The lowest BCUT2D eigenvalue weighted by atomic mass is 10.0. The van der Waals surface area contributed by atoms with Crippen molar-refractivity contribution >= 4 is 15.9 Å². The van der Waals surface area contributed by atoms with Gasteiger partial charge in [-0.05, 0) is 43.5 Å². The molecule has 152 valence electrons. The zero-order valence-corrected chi connectivity index (χ0v) is 17.4. The Morgan fingerprint density at radius 2 is 1.83 bits per heavy atom. The van der Waals surface area contributed by atoms with Crippen molar-refractivity contribution in [2.45, 2.75) is 43.2 Å². The topological polar surface area (TPSA) is 59.0 Å². The molecule has 1 fully saturated rings. The molecular formula is C23H26N2O3S. The van der Waals surface area contributed by atoms with Gasteiger partial charge >= 0.3 is 0 Å². The van der Waals surface area contributed by atoms with E-state index in [1.807, 2.05) is 61.5 Å². The van der Waals surface area contributed by atoms with E-state index in [1.165, 1.54) is 0 Å². The molecular weight excluding hydrogens is 384 g/mol. The molecule has 0 N–H and O–H groups in total. The van der Waals surface area contributed by atoms with Gasteiger partial charge in [0.25, 0.3) is 0 Å². The fourth-order valence-corrected chi connectivity index (χ4v) is 5.44. The van der Waals surface area contributed by atoms with Crippen molar-refractivity contribution in [1.82, 2.24) is 4.31 Å². The summed E-state index contributed by atoms with van der Waals surface area (Å²) in [5, 5.41) is 0. The van der Waals surface area contributed by atoms with Gasteiger partial charge in [-0.3, -0.25) is 0 Å². The van der Waals surface area contributed by atoms with Gasteiger partial charge in [0.1, 0.15) is 12.6 Å². The Kier molecular flexibility index (Phi) is 5.83. The van der Waals surface area contributed by atoms with Crippen LogP contribution < -0.4 is 0 Å². The van der Waals surface area contributed by atoms with Crippen LogP contribution in [0.1, 0.15) is 36.4 Å². The largest absolute Gasteiger partial charge is 0.475 e. The van der Waals surface area contributed by atoms with Crippen molar-refractivity contribution in [3.8, 4) is 0 Å². The fraction of sp³-hybridized carbons (Fsp3) is 0.348. The van der Waals surface area contributed by atoms with E-state index < -0.39 is 10.0 Å². The third kappa shape index (κ3) is 4.43. The summed E-state index contributed by atoms with van der Waals surface area (Å²) < 4.78 is 33.7. The van der Waals surface area contributed by atoms with E-state index in [9.17, 15) is 8.42 Å². The Hall–Kier alpha value is -2.44. The van der Waals surface area contributed by atoms with Gasteiger partial charge in [-0.15, -0.1) is 0 Å². The number of piperidine rings is 1. The summed E-state index contributed by atoms with van der Waals surface area (Å²) in [4.78, 5) is 4.99. The maximum atomic E-state index is 13.2. The molecule has 0 bridgehead atoms. The molecule has 0 aromatic heterocycles. The molecule has 0 radical (unpaired) electrons. The minimum Gasteiger partial charge on any atom is -0.475 e. The molecule has 2 atom stereocenters. The predicted molar refractivity (Wildman–Crippen MR) is 114 cm³/mol. The monoisotopic (exact) mass is 410 g/mol. The molecule has 6 heteroatoms. The quantitative estimate of drug-likeness (QED) is 0.740. The molecule has 2 aromatic rings. The highest BCUT2D eigenvalue weighted by molar-refractivity contribution is 7.89. The van der Waals surface area contributed by atoms with Gasteiger partial charge in [0.15, 0.2) is 0 Å². The van der Waals surface area contributed by atoms with E-state index in [2.05, 4.69) is 4.99 Å². The average Bonchev–Trinajstić information content (AvgIpc) is 3.22. The number of sulfonamides is 1. The molecule has 29 heavy (non-hydrogen) atoms. The normalized spacial score (nSPS) is 23.1. The van der Waals surface area contributed by atoms with E-state index in [0.717, 1.165) is 30.4 Å². The van der Waals surface area contributed by atoms with Crippen LogP contribution >= 0.6 is 0 Å². The SMILES string of the molecule is Cc1ccc(S(=O)(=O)N2CCCC[C@@H]2/C=C\C2=N[C@@H](c3ccccc3)CO2)cc1. The molecule has 2 aliphatic rings. The lowest BCUT2D eigenvalue weighted by molar-refractivity contribution is 0.290. The van der Waals surface area contributed by atoms with E-state index in [4.69, 9.17) is 4.74 Å². The summed E-state index contributed by atoms with van der Waals surface area (Å²) in [5.74, 6) is 0.567. The number of benzene rings is 2. The highest BCUT2D eigenvalue weighted by atomic mass is 32.2. The van der Waals surface area contributed by atoms with Gasteiger partial charge in [0.2, 0.25) is 15.9 Å². The number of rotatable bonds is 5. The summed E-state index contributed by atoms with van der Waals surface area (Å²) in [7, 11) is -3.53. The van der Waals surface area contributed by atoms with Crippen LogP contribution in [-0.4, -0.2) is 37.8 Å². The van der Waals surface area contributed by atoms with E-state index in [0.29, 0.717) is 23.9 Å². The zero-order chi connectivity index (χ0) is 20.3.